The topological polar surface area (TPSA) is 58.3 Å². The highest BCUT2D eigenvalue weighted by atomic mass is 19.1. The monoisotopic (exact) mass is 355 g/mol. The maximum Gasteiger partial charge on any atom is 0.223 e. The molecule has 1 fully saturated rings. The van der Waals surface area contributed by atoms with E-state index in [4.69, 9.17) is 4.52 Å². The van der Waals surface area contributed by atoms with Gasteiger partial charge in [-0.05, 0) is 37.2 Å². The first kappa shape index (κ1) is 17.1. The molecule has 1 saturated heterocycles. The van der Waals surface area contributed by atoms with Crippen LogP contribution in [0, 0.1) is 12.7 Å². The van der Waals surface area contributed by atoms with Gasteiger partial charge in [-0.1, -0.05) is 11.2 Å². The Morgan fingerprint density at radius 1 is 1.38 bits per heavy atom. The lowest BCUT2D eigenvalue weighted by Gasteiger charge is -2.23. The average Bonchev–Trinajstić information content (AvgIpc) is 3.24. The van der Waals surface area contributed by atoms with Crippen LogP contribution in [0.4, 0.5) is 4.39 Å². The van der Waals surface area contributed by atoms with Gasteiger partial charge in [0.25, 0.3) is 0 Å². The van der Waals surface area contributed by atoms with Crippen LogP contribution in [-0.4, -0.2) is 51.1 Å². The Balaban J connectivity index is 1.43. The molecule has 7 heteroatoms. The Morgan fingerprint density at radius 2 is 2.27 bits per heavy atom. The Kier molecular flexibility index (Phi) is 4.65. The van der Waals surface area contributed by atoms with E-state index in [2.05, 4.69) is 32.0 Å². The van der Waals surface area contributed by atoms with Gasteiger partial charge in [-0.2, -0.15) is 4.98 Å². The minimum Gasteiger partial charge on any atom is -0.340 e. The minimum absolute atomic E-state index is 0.208. The summed E-state index contributed by atoms with van der Waals surface area (Å²) in [5, 5.41) is 4.82. The van der Waals surface area contributed by atoms with E-state index in [0.29, 0.717) is 30.8 Å². The summed E-state index contributed by atoms with van der Waals surface area (Å²) in [6.07, 6.45) is 2.82. The molecule has 3 aromatic rings. The molecule has 0 aliphatic carbocycles. The number of aryl methyl sites for hydroxylation is 1. The van der Waals surface area contributed by atoms with Crippen molar-refractivity contribution < 1.29 is 8.91 Å². The van der Waals surface area contributed by atoms with E-state index < -0.39 is 0 Å². The predicted octanol–water partition coefficient (Wildman–Crippen LogP) is 2.77. The van der Waals surface area contributed by atoms with Crippen LogP contribution in [0.1, 0.15) is 23.7 Å². The Bertz CT molecular complexity index is 912. The fraction of sp³-hybridized carbons (Fsp3) is 0.421. The summed E-state index contributed by atoms with van der Waals surface area (Å²) in [4.78, 5) is 13.3. The van der Waals surface area contributed by atoms with Crippen LogP contribution in [0.5, 0.6) is 0 Å². The number of halogens is 1. The molecular weight excluding hydrogens is 333 g/mol. The van der Waals surface area contributed by atoms with Crippen molar-refractivity contribution in [3.8, 4) is 0 Å². The molecule has 1 aliphatic heterocycles. The summed E-state index contributed by atoms with van der Waals surface area (Å²) >= 11 is 0. The molecule has 4 rings (SSSR count). The zero-order valence-electron chi connectivity index (χ0n) is 15.0. The summed E-state index contributed by atoms with van der Waals surface area (Å²) in [6, 6.07) is 7.31. The third-order valence-electron chi connectivity index (χ3n) is 4.97. The van der Waals surface area contributed by atoms with Crippen molar-refractivity contribution in [3.63, 3.8) is 0 Å². The van der Waals surface area contributed by atoms with Crippen molar-refractivity contribution in [1.82, 2.24) is 24.9 Å². The SMILES string of the molecule is Cc1nc(CN(C)C2CCN(Cc3cc(F)cc4cccnc34)C2)no1. The van der Waals surface area contributed by atoms with Crippen molar-refractivity contribution in [2.24, 2.45) is 0 Å². The van der Waals surface area contributed by atoms with Crippen molar-refractivity contribution in [1.29, 1.82) is 0 Å². The highest BCUT2D eigenvalue weighted by molar-refractivity contribution is 5.81. The maximum absolute atomic E-state index is 13.9. The lowest BCUT2D eigenvalue weighted by molar-refractivity contribution is 0.216. The van der Waals surface area contributed by atoms with Gasteiger partial charge in [0, 0.05) is 44.2 Å². The molecule has 26 heavy (non-hydrogen) atoms. The fourth-order valence-corrected chi connectivity index (χ4v) is 3.66. The molecular formula is C19H22FN5O. The molecule has 2 aromatic heterocycles. The number of fused-ring (bicyclic) bond motifs is 1. The largest absolute Gasteiger partial charge is 0.340 e. The molecule has 6 nitrogen and oxygen atoms in total. The van der Waals surface area contributed by atoms with Crippen LogP contribution in [0.15, 0.2) is 35.0 Å². The van der Waals surface area contributed by atoms with Gasteiger partial charge in [0.2, 0.25) is 5.89 Å². The third-order valence-corrected chi connectivity index (χ3v) is 4.97. The van der Waals surface area contributed by atoms with Crippen LogP contribution in [-0.2, 0) is 13.1 Å². The van der Waals surface area contributed by atoms with Crippen LogP contribution in [0.3, 0.4) is 0 Å². The minimum atomic E-state index is -0.208. The summed E-state index contributed by atoms with van der Waals surface area (Å²) in [5.74, 6) is 1.09. The smallest absolute Gasteiger partial charge is 0.223 e. The molecule has 0 bridgehead atoms. The van der Waals surface area contributed by atoms with Gasteiger partial charge in [0.1, 0.15) is 5.82 Å². The number of hydrogen-bond acceptors (Lipinski definition) is 6. The molecule has 1 atom stereocenters. The second-order valence-corrected chi connectivity index (χ2v) is 6.96. The third kappa shape index (κ3) is 3.59. The zero-order valence-corrected chi connectivity index (χ0v) is 15.0. The molecule has 1 unspecified atom stereocenters. The highest BCUT2D eigenvalue weighted by Crippen LogP contribution is 2.23. The van der Waals surface area contributed by atoms with Crippen molar-refractivity contribution in [2.75, 3.05) is 20.1 Å². The molecule has 0 N–H and O–H groups in total. The Morgan fingerprint density at radius 3 is 3.08 bits per heavy atom. The number of pyridine rings is 1. The summed E-state index contributed by atoms with van der Waals surface area (Å²) < 4.78 is 19.0. The molecule has 136 valence electrons. The van der Waals surface area contributed by atoms with Gasteiger partial charge in [-0.25, -0.2) is 4.39 Å². The lowest BCUT2D eigenvalue weighted by Crippen LogP contribution is -2.34. The van der Waals surface area contributed by atoms with Gasteiger partial charge >= 0.3 is 0 Å². The zero-order chi connectivity index (χ0) is 18.1. The number of nitrogens with zero attached hydrogens (tertiary/aromatic N) is 5. The first-order chi connectivity index (χ1) is 12.6. The Labute approximate surface area is 151 Å². The fourth-order valence-electron chi connectivity index (χ4n) is 3.66. The van der Waals surface area contributed by atoms with Gasteiger partial charge in [-0.15, -0.1) is 0 Å². The van der Waals surface area contributed by atoms with Crippen LogP contribution >= 0.6 is 0 Å². The lowest BCUT2D eigenvalue weighted by atomic mass is 10.1. The van der Waals surface area contributed by atoms with Crippen LogP contribution in [0.25, 0.3) is 10.9 Å². The maximum atomic E-state index is 13.9. The van der Waals surface area contributed by atoms with Gasteiger partial charge < -0.3 is 4.52 Å². The van der Waals surface area contributed by atoms with Crippen molar-refractivity contribution in [2.45, 2.75) is 32.5 Å². The van der Waals surface area contributed by atoms with Gasteiger partial charge in [-0.3, -0.25) is 14.8 Å². The second-order valence-electron chi connectivity index (χ2n) is 6.96. The molecule has 0 amide bonds. The van der Waals surface area contributed by atoms with Gasteiger partial charge in [0.15, 0.2) is 5.82 Å². The number of likely N-dealkylation sites (tertiary alicyclic amines) is 1. The number of benzene rings is 1. The summed E-state index contributed by atoms with van der Waals surface area (Å²) in [5.41, 5.74) is 1.82. The normalized spacial score (nSPS) is 18.2. The molecule has 0 radical (unpaired) electrons. The standard InChI is InChI=1S/C19H22FN5O/c1-13-22-18(23-26-13)12-24(2)17-5-7-25(11-17)10-15-9-16(20)8-14-4-3-6-21-19(14)15/h3-4,6,8-9,17H,5,7,10-12H2,1-2H3. The van der Waals surface area contributed by atoms with E-state index in [-0.39, 0.29) is 5.82 Å². The van der Waals surface area contributed by atoms with E-state index in [1.54, 1.807) is 25.3 Å². The first-order valence-corrected chi connectivity index (χ1v) is 8.83. The van der Waals surface area contributed by atoms with E-state index in [9.17, 15) is 4.39 Å². The van der Waals surface area contributed by atoms with Gasteiger partial charge in [0.05, 0.1) is 12.1 Å². The van der Waals surface area contributed by atoms with Crippen molar-refractivity contribution in [3.05, 3.63) is 53.6 Å². The Hall–Kier alpha value is -2.38. The molecule has 1 aliphatic rings. The molecule has 0 saturated carbocycles. The second kappa shape index (κ2) is 7.09. The number of likely N-dealkylation sites (N-methyl/N-ethyl adjacent to an activating group) is 1. The summed E-state index contributed by atoms with van der Waals surface area (Å²) in [7, 11) is 2.08. The molecule has 0 spiro atoms. The quantitative estimate of drug-likeness (QED) is 0.701. The predicted molar refractivity (Wildman–Crippen MR) is 95.9 cm³/mol. The number of hydrogen-bond donors (Lipinski definition) is 0. The van der Waals surface area contributed by atoms with E-state index in [0.717, 1.165) is 36.0 Å². The van der Waals surface area contributed by atoms with E-state index >= 15 is 0 Å². The first-order valence-electron chi connectivity index (χ1n) is 8.83. The highest BCUT2D eigenvalue weighted by Gasteiger charge is 2.27. The van der Waals surface area contributed by atoms with Crippen LogP contribution in [0.2, 0.25) is 0 Å². The molecule has 3 heterocycles. The average molecular weight is 355 g/mol. The summed E-state index contributed by atoms with van der Waals surface area (Å²) in [6.45, 7) is 5.08. The van der Waals surface area contributed by atoms with E-state index in [1.165, 1.54) is 0 Å². The number of aromatic nitrogens is 3. The number of rotatable bonds is 5. The van der Waals surface area contributed by atoms with E-state index in [1.807, 2.05) is 12.1 Å². The molecule has 1 aromatic carbocycles. The van der Waals surface area contributed by atoms with Crippen molar-refractivity contribution >= 4 is 10.9 Å². The van der Waals surface area contributed by atoms with Crippen LogP contribution < -0.4 is 0 Å².